The highest BCUT2D eigenvalue weighted by atomic mass is 79.9. The molecule has 2 rings (SSSR count). The van der Waals surface area contributed by atoms with Crippen molar-refractivity contribution >= 4 is 31.9 Å². The fraction of sp³-hybridized carbons (Fsp3) is 0.600. The van der Waals surface area contributed by atoms with Crippen LogP contribution in [0.2, 0.25) is 0 Å². The van der Waals surface area contributed by atoms with Crippen molar-refractivity contribution in [2.45, 2.75) is 6.42 Å². The fourth-order valence-corrected chi connectivity index (χ4v) is 3.18. The maximum atomic E-state index is 5.80. The van der Waals surface area contributed by atoms with E-state index in [1.165, 1.54) is 26.1 Å². The highest BCUT2D eigenvalue weighted by molar-refractivity contribution is 9.10. The predicted molar refractivity (Wildman–Crippen MR) is 90.9 cm³/mol. The molecule has 1 fully saturated rings. The monoisotopic (exact) mass is 404 g/mol. The summed E-state index contributed by atoms with van der Waals surface area (Å²) in [5.74, 6) is 0.948. The molecule has 0 amide bonds. The van der Waals surface area contributed by atoms with Crippen molar-refractivity contribution in [2.75, 3.05) is 51.2 Å². The lowest BCUT2D eigenvalue weighted by Gasteiger charge is -2.21. The summed E-state index contributed by atoms with van der Waals surface area (Å²) in [7, 11) is 0. The minimum atomic E-state index is 0.764. The molecule has 1 heterocycles. The molecule has 1 aliphatic rings. The molecule has 0 radical (unpaired) electrons. The zero-order valence-electron chi connectivity index (χ0n) is 11.7. The Morgan fingerprint density at radius 1 is 0.950 bits per heavy atom. The van der Waals surface area contributed by atoms with E-state index < -0.39 is 0 Å². The summed E-state index contributed by atoms with van der Waals surface area (Å²) < 4.78 is 6.88. The molecule has 0 spiro atoms. The Balaban J connectivity index is 1.67. The van der Waals surface area contributed by atoms with Crippen LogP contribution in [0.15, 0.2) is 28.7 Å². The SMILES string of the molecule is BrCCN1CCCN(CCOc2ccc(Br)cc2)CC1. The smallest absolute Gasteiger partial charge is 0.119 e. The number of hydrogen-bond acceptors (Lipinski definition) is 3. The van der Waals surface area contributed by atoms with Gasteiger partial charge >= 0.3 is 0 Å². The number of rotatable bonds is 6. The average Bonchev–Trinajstić information content (AvgIpc) is 2.67. The molecule has 0 bridgehead atoms. The van der Waals surface area contributed by atoms with Crippen LogP contribution in [0.1, 0.15) is 6.42 Å². The third kappa shape index (κ3) is 5.72. The van der Waals surface area contributed by atoms with Gasteiger partial charge in [0.15, 0.2) is 0 Å². The van der Waals surface area contributed by atoms with E-state index >= 15 is 0 Å². The number of alkyl halides is 1. The lowest BCUT2D eigenvalue weighted by molar-refractivity contribution is 0.210. The van der Waals surface area contributed by atoms with Gasteiger partial charge in [-0.25, -0.2) is 0 Å². The summed E-state index contributed by atoms with van der Waals surface area (Å²) >= 11 is 6.95. The van der Waals surface area contributed by atoms with Crippen molar-refractivity contribution in [1.82, 2.24) is 9.80 Å². The standard InChI is InChI=1S/C15H22Br2N2O/c16-6-9-18-7-1-8-19(11-10-18)12-13-20-15-4-2-14(17)3-5-15/h2-5H,1,6-13H2. The Kier molecular flexibility index (Phi) is 7.35. The van der Waals surface area contributed by atoms with E-state index in [9.17, 15) is 0 Å². The summed E-state index contributed by atoms with van der Waals surface area (Å²) in [5.41, 5.74) is 0. The first-order chi connectivity index (χ1) is 9.78. The van der Waals surface area contributed by atoms with Crippen LogP contribution in [0.4, 0.5) is 0 Å². The van der Waals surface area contributed by atoms with E-state index in [-0.39, 0.29) is 0 Å². The first-order valence-electron chi connectivity index (χ1n) is 7.17. The van der Waals surface area contributed by atoms with Crippen LogP contribution in [0.3, 0.4) is 0 Å². The van der Waals surface area contributed by atoms with Gasteiger partial charge in [-0.1, -0.05) is 31.9 Å². The largest absolute Gasteiger partial charge is 0.492 e. The van der Waals surface area contributed by atoms with Crippen molar-refractivity contribution in [2.24, 2.45) is 0 Å². The molecule has 3 nitrogen and oxygen atoms in total. The highest BCUT2D eigenvalue weighted by Gasteiger charge is 2.13. The van der Waals surface area contributed by atoms with Crippen molar-refractivity contribution in [3.05, 3.63) is 28.7 Å². The third-order valence-electron chi connectivity index (χ3n) is 3.57. The Bertz CT molecular complexity index is 386. The number of ether oxygens (including phenoxy) is 1. The maximum Gasteiger partial charge on any atom is 0.119 e. The van der Waals surface area contributed by atoms with Crippen LogP contribution in [-0.4, -0.2) is 61.0 Å². The zero-order valence-corrected chi connectivity index (χ0v) is 14.9. The molecule has 5 heteroatoms. The van der Waals surface area contributed by atoms with Crippen LogP contribution < -0.4 is 4.74 Å². The molecule has 20 heavy (non-hydrogen) atoms. The van der Waals surface area contributed by atoms with Crippen LogP contribution >= 0.6 is 31.9 Å². The number of nitrogens with zero attached hydrogens (tertiary/aromatic N) is 2. The van der Waals surface area contributed by atoms with E-state index in [0.717, 1.165) is 41.8 Å². The normalized spacial score (nSPS) is 17.9. The Morgan fingerprint density at radius 3 is 2.25 bits per heavy atom. The minimum Gasteiger partial charge on any atom is -0.492 e. The zero-order chi connectivity index (χ0) is 14.2. The molecule has 1 aromatic carbocycles. The molecule has 1 aliphatic heterocycles. The lowest BCUT2D eigenvalue weighted by Crippen LogP contribution is -2.33. The van der Waals surface area contributed by atoms with Gasteiger partial charge in [0.1, 0.15) is 12.4 Å². The average molecular weight is 406 g/mol. The summed E-state index contributed by atoms with van der Waals surface area (Å²) in [5, 5.41) is 1.07. The molecular weight excluding hydrogens is 384 g/mol. The summed E-state index contributed by atoms with van der Waals surface area (Å²) in [6, 6.07) is 8.04. The third-order valence-corrected chi connectivity index (χ3v) is 4.46. The molecule has 0 unspecified atom stereocenters. The van der Waals surface area contributed by atoms with Crippen molar-refractivity contribution < 1.29 is 4.74 Å². The van der Waals surface area contributed by atoms with Crippen molar-refractivity contribution in [1.29, 1.82) is 0 Å². The first-order valence-corrected chi connectivity index (χ1v) is 9.08. The van der Waals surface area contributed by atoms with Crippen LogP contribution in [0, 0.1) is 0 Å². The molecule has 0 aliphatic carbocycles. The minimum absolute atomic E-state index is 0.764. The molecule has 0 atom stereocenters. The number of halogens is 2. The molecule has 0 N–H and O–H groups in total. The molecule has 0 aromatic heterocycles. The van der Waals surface area contributed by atoms with Gasteiger partial charge in [0.05, 0.1) is 0 Å². The quantitative estimate of drug-likeness (QED) is 0.675. The Morgan fingerprint density at radius 2 is 1.60 bits per heavy atom. The first kappa shape index (κ1) is 16.3. The molecule has 112 valence electrons. The van der Waals surface area contributed by atoms with E-state index in [1.807, 2.05) is 24.3 Å². The fourth-order valence-electron chi connectivity index (χ4n) is 2.41. The van der Waals surface area contributed by atoms with Crippen LogP contribution in [-0.2, 0) is 0 Å². The predicted octanol–water partition coefficient (Wildman–Crippen LogP) is 3.23. The molecule has 1 saturated heterocycles. The summed E-state index contributed by atoms with van der Waals surface area (Å²) in [6.45, 7) is 7.65. The van der Waals surface area contributed by atoms with E-state index in [2.05, 4.69) is 41.7 Å². The van der Waals surface area contributed by atoms with Gasteiger partial charge in [0.2, 0.25) is 0 Å². The number of hydrogen-bond donors (Lipinski definition) is 0. The van der Waals surface area contributed by atoms with Gasteiger partial charge in [-0.2, -0.15) is 0 Å². The second-order valence-electron chi connectivity index (χ2n) is 5.03. The van der Waals surface area contributed by atoms with Gasteiger partial charge in [0, 0.05) is 36.0 Å². The van der Waals surface area contributed by atoms with Gasteiger partial charge in [-0.3, -0.25) is 4.90 Å². The van der Waals surface area contributed by atoms with Gasteiger partial charge in [0.25, 0.3) is 0 Å². The molecular formula is C15H22Br2N2O. The van der Waals surface area contributed by atoms with E-state index in [4.69, 9.17) is 4.74 Å². The second kappa shape index (κ2) is 9.03. The maximum absolute atomic E-state index is 5.80. The van der Waals surface area contributed by atoms with Crippen LogP contribution in [0.25, 0.3) is 0 Å². The van der Waals surface area contributed by atoms with Crippen LogP contribution in [0.5, 0.6) is 5.75 Å². The summed E-state index contributed by atoms with van der Waals surface area (Å²) in [4.78, 5) is 5.04. The molecule has 1 aromatic rings. The number of benzene rings is 1. The highest BCUT2D eigenvalue weighted by Crippen LogP contribution is 2.16. The molecule has 0 saturated carbocycles. The van der Waals surface area contributed by atoms with E-state index in [0.29, 0.717) is 0 Å². The summed E-state index contributed by atoms with van der Waals surface area (Å²) in [6.07, 6.45) is 1.26. The second-order valence-corrected chi connectivity index (χ2v) is 6.74. The van der Waals surface area contributed by atoms with Gasteiger partial charge in [-0.15, -0.1) is 0 Å². The van der Waals surface area contributed by atoms with Crippen molar-refractivity contribution in [3.63, 3.8) is 0 Å². The lowest BCUT2D eigenvalue weighted by atomic mass is 10.3. The Hall–Kier alpha value is -0.100. The Labute approximate surface area is 138 Å². The topological polar surface area (TPSA) is 15.7 Å². The van der Waals surface area contributed by atoms with Gasteiger partial charge in [-0.05, 0) is 43.8 Å². The van der Waals surface area contributed by atoms with E-state index in [1.54, 1.807) is 0 Å². The van der Waals surface area contributed by atoms with Crippen molar-refractivity contribution in [3.8, 4) is 5.75 Å². The van der Waals surface area contributed by atoms with Gasteiger partial charge < -0.3 is 9.64 Å².